The zero-order chi connectivity index (χ0) is 15.4. The first-order chi connectivity index (χ1) is 9.94. The molecule has 0 aliphatic carbocycles. The summed E-state index contributed by atoms with van der Waals surface area (Å²) in [5.41, 5.74) is 0. The van der Waals surface area contributed by atoms with E-state index >= 15 is 0 Å². The molecule has 21 heavy (non-hydrogen) atoms. The monoisotopic (exact) mass is 313 g/mol. The van der Waals surface area contributed by atoms with E-state index in [2.05, 4.69) is 20.3 Å². The molecular weight excluding hydrogens is 294 g/mol. The number of piperidine rings is 1. The summed E-state index contributed by atoms with van der Waals surface area (Å²) in [6.45, 7) is 6.85. The Morgan fingerprint density at radius 1 is 1.33 bits per heavy atom. The number of rotatable bonds is 4. The molecule has 0 spiro atoms. The van der Waals surface area contributed by atoms with Gasteiger partial charge in [-0.05, 0) is 38.3 Å². The number of hydrogen-bond acceptors (Lipinski definition) is 6. The van der Waals surface area contributed by atoms with Crippen LogP contribution in [0.2, 0.25) is 5.28 Å². The Labute approximate surface area is 129 Å². The molecule has 7 nitrogen and oxygen atoms in total. The second-order valence-corrected chi connectivity index (χ2v) is 5.65. The van der Waals surface area contributed by atoms with Crippen LogP contribution in [0, 0.1) is 0 Å². The van der Waals surface area contributed by atoms with Gasteiger partial charge in [-0.2, -0.15) is 15.0 Å². The molecular formula is C13H20ClN5O2. The van der Waals surface area contributed by atoms with Gasteiger partial charge in [0, 0.05) is 26.1 Å². The van der Waals surface area contributed by atoms with Crippen molar-refractivity contribution in [2.45, 2.75) is 45.8 Å². The van der Waals surface area contributed by atoms with E-state index in [9.17, 15) is 4.79 Å². The van der Waals surface area contributed by atoms with Gasteiger partial charge >= 0.3 is 6.01 Å². The van der Waals surface area contributed by atoms with Gasteiger partial charge in [0.25, 0.3) is 0 Å². The molecule has 0 bridgehead atoms. The average Bonchev–Trinajstić information content (AvgIpc) is 2.37. The van der Waals surface area contributed by atoms with Gasteiger partial charge in [0.05, 0.1) is 6.10 Å². The number of halogens is 1. The molecule has 1 amide bonds. The first-order valence-electron chi connectivity index (χ1n) is 7.04. The number of aromatic nitrogens is 3. The van der Waals surface area contributed by atoms with E-state index in [1.807, 2.05) is 18.7 Å². The van der Waals surface area contributed by atoms with Crippen molar-refractivity contribution in [1.82, 2.24) is 20.3 Å². The van der Waals surface area contributed by atoms with Crippen LogP contribution in [-0.4, -0.2) is 46.1 Å². The molecule has 1 aliphatic heterocycles. The molecule has 1 aromatic rings. The van der Waals surface area contributed by atoms with E-state index in [0.717, 1.165) is 25.9 Å². The van der Waals surface area contributed by atoms with E-state index < -0.39 is 0 Å². The van der Waals surface area contributed by atoms with Crippen molar-refractivity contribution in [2.75, 3.05) is 18.0 Å². The van der Waals surface area contributed by atoms with Crippen molar-refractivity contribution in [3.8, 4) is 6.01 Å². The van der Waals surface area contributed by atoms with E-state index in [4.69, 9.17) is 16.3 Å². The lowest BCUT2D eigenvalue weighted by Crippen LogP contribution is -2.44. The van der Waals surface area contributed by atoms with E-state index in [1.165, 1.54) is 6.92 Å². The minimum atomic E-state index is -0.0261. The Kier molecular flexibility index (Phi) is 5.17. The number of nitrogens with one attached hydrogen (secondary N) is 1. The molecule has 1 N–H and O–H groups in total. The number of amides is 1. The zero-order valence-corrected chi connectivity index (χ0v) is 13.2. The molecule has 0 unspecified atom stereocenters. The topological polar surface area (TPSA) is 80.2 Å². The molecule has 0 radical (unpaired) electrons. The summed E-state index contributed by atoms with van der Waals surface area (Å²) in [4.78, 5) is 25.5. The highest BCUT2D eigenvalue weighted by molar-refractivity contribution is 6.28. The second-order valence-electron chi connectivity index (χ2n) is 5.32. The summed E-state index contributed by atoms with van der Waals surface area (Å²) in [5, 5.41) is 3.06. The predicted molar refractivity (Wildman–Crippen MR) is 79.7 cm³/mol. The fourth-order valence-corrected chi connectivity index (χ4v) is 2.39. The minimum absolute atomic E-state index is 0.00396. The molecule has 1 aliphatic rings. The van der Waals surface area contributed by atoms with Gasteiger partial charge in [-0.3, -0.25) is 4.79 Å². The molecule has 1 aromatic heterocycles. The lowest BCUT2D eigenvalue weighted by molar-refractivity contribution is -0.119. The average molecular weight is 314 g/mol. The van der Waals surface area contributed by atoms with E-state index in [1.54, 1.807) is 0 Å². The number of carbonyl (C=O) groups is 1. The highest BCUT2D eigenvalue weighted by atomic mass is 35.5. The standard InChI is InChI=1S/C13H20ClN5O2/c1-8(2)21-13-17-11(14)16-12(18-13)19-6-4-10(5-7-19)15-9(3)20/h8,10H,4-7H2,1-3H3,(H,15,20). The molecule has 0 aromatic carbocycles. The van der Waals surface area contributed by atoms with Crippen LogP contribution >= 0.6 is 11.6 Å². The minimum Gasteiger partial charge on any atom is -0.461 e. The highest BCUT2D eigenvalue weighted by Gasteiger charge is 2.22. The third-order valence-electron chi connectivity index (χ3n) is 3.10. The lowest BCUT2D eigenvalue weighted by atomic mass is 10.1. The molecule has 0 saturated carbocycles. The van der Waals surface area contributed by atoms with Crippen molar-refractivity contribution in [2.24, 2.45) is 0 Å². The Bertz CT molecular complexity index is 503. The molecule has 2 heterocycles. The molecule has 1 fully saturated rings. The van der Waals surface area contributed by atoms with E-state index in [-0.39, 0.29) is 29.3 Å². The van der Waals surface area contributed by atoms with Crippen molar-refractivity contribution < 1.29 is 9.53 Å². The smallest absolute Gasteiger partial charge is 0.322 e. The van der Waals surface area contributed by atoms with Crippen LogP contribution in [0.4, 0.5) is 5.95 Å². The van der Waals surface area contributed by atoms with Gasteiger partial charge in [0.2, 0.25) is 17.1 Å². The van der Waals surface area contributed by atoms with Crippen LogP contribution in [0.3, 0.4) is 0 Å². The predicted octanol–water partition coefficient (Wildman–Crippen LogP) is 1.42. The summed E-state index contributed by atoms with van der Waals surface area (Å²) in [6, 6.07) is 0.450. The number of nitrogens with zero attached hydrogens (tertiary/aromatic N) is 4. The number of ether oxygens (including phenoxy) is 1. The van der Waals surface area contributed by atoms with Crippen LogP contribution in [0.15, 0.2) is 0 Å². The van der Waals surface area contributed by atoms with Gasteiger partial charge in [0.1, 0.15) is 0 Å². The summed E-state index contributed by atoms with van der Waals surface area (Å²) in [6.07, 6.45) is 1.67. The lowest BCUT2D eigenvalue weighted by Gasteiger charge is -2.32. The second kappa shape index (κ2) is 6.89. The fraction of sp³-hybridized carbons (Fsp3) is 0.692. The van der Waals surface area contributed by atoms with E-state index in [0.29, 0.717) is 5.95 Å². The molecule has 116 valence electrons. The Hall–Kier alpha value is -1.63. The van der Waals surface area contributed by atoms with Gasteiger partial charge in [-0.1, -0.05) is 0 Å². The van der Waals surface area contributed by atoms with Crippen molar-refractivity contribution in [3.05, 3.63) is 5.28 Å². The first kappa shape index (κ1) is 15.8. The largest absolute Gasteiger partial charge is 0.461 e. The summed E-state index contributed by atoms with van der Waals surface area (Å²) in [5.74, 6) is 0.524. The molecule has 2 rings (SSSR count). The Balaban J connectivity index is 2.02. The summed E-state index contributed by atoms with van der Waals surface area (Å²) < 4.78 is 5.47. The Morgan fingerprint density at radius 2 is 2.00 bits per heavy atom. The fourth-order valence-electron chi connectivity index (χ4n) is 2.24. The van der Waals surface area contributed by atoms with Gasteiger partial charge < -0.3 is 15.0 Å². The van der Waals surface area contributed by atoms with Crippen LogP contribution < -0.4 is 15.0 Å². The van der Waals surface area contributed by atoms with Crippen LogP contribution in [0.5, 0.6) is 6.01 Å². The summed E-state index contributed by atoms with van der Waals surface area (Å²) in [7, 11) is 0. The van der Waals surface area contributed by atoms with Crippen molar-refractivity contribution in [3.63, 3.8) is 0 Å². The summed E-state index contributed by atoms with van der Waals surface area (Å²) >= 11 is 5.92. The van der Waals surface area contributed by atoms with Crippen molar-refractivity contribution >= 4 is 23.5 Å². The normalized spacial score (nSPS) is 16.1. The van der Waals surface area contributed by atoms with Crippen LogP contribution in [0.25, 0.3) is 0 Å². The maximum absolute atomic E-state index is 11.1. The molecule has 0 atom stereocenters. The number of anilines is 1. The Morgan fingerprint density at radius 3 is 2.57 bits per heavy atom. The zero-order valence-electron chi connectivity index (χ0n) is 12.5. The SMILES string of the molecule is CC(=O)NC1CCN(c2nc(Cl)nc(OC(C)C)n2)CC1. The van der Waals surface area contributed by atoms with Gasteiger partial charge in [-0.25, -0.2) is 0 Å². The van der Waals surface area contributed by atoms with Crippen LogP contribution in [-0.2, 0) is 4.79 Å². The van der Waals surface area contributed by atoms with Gasteiger partial charge in [-0.15, -0.1) is 0 Å². The van der Waals surface area contributed by atoms with Crippen molar-refractivity contribution in [1.29, 1.82) is 0 Å². The molecule has 8 heteroatoms. The third kappa shape index (κ3) is 4.70. The van der Waals surface area contributed by atoms with Gasteiger partial charge in [0.15, 0.2) is 0 Å². The maximum Gasteiger partial charge on any atom is 0.322 e. The number of carbonyl (C=O) groups excluding carboxylic acids is 1. The third-order valence-corrected chi connectivity index (χ3v) is 3.27. The van der Waals surface area contributed by atoms with Crippen LogP contribution in [0.1, 0.15) is 33.6 Å². The first-order valence-corrected chi connectivity index (χ1v) is 7.42. The molecule has 1 saturated heterocycles. The quantitative estimate of drug-likeness (QED) is 0.905. The number of hydrogen-bond donors (Lipinski definition) is 1. The highest BCUT2D eigenvalue weighted by Crippen LogP contribution is 2.20. The maximum atomic E-state index is 11.1.